The van der Waals surface area contributed by atoms with Crippen molar-refractivity contribution in [2.24, 2.45) is 11.8 Å². The molecule has 1 aliphatic rings. The van der Waals surface area contributed by atoms with Crippen molar-refractivity contribution in [3.8, 4) is 5.75 Å². The largest absolute Gasteiger partial charge is 0.496 e. The lowest BCUT2D eigenvalue weighted by molar-refractivity contribution is 0.0180. The minimum Gasteiger partial charge on any atom is -0.496 e. The number of ether oxygens (including phenoxy) is 2. The third-order valence-corrected chi connectivity index (χ3v) is 3.43. The topological polar surface area (TPSA) is 56.5 Å². The van der Waals surface area contributed by atoms with Crippen LogP contribution in [0.2, 0.25) is 0 Å². The molecule has 4 nitrogen and oxygen atoms in total. The van der Waals surface area contributed by atoms with E-state index >= 15 is 0 Å². The van der Waals surface area contributed by atoms with Crippen LogP contribution >= 0.6 is 0 Å². The molecule has 0 radical (unpaired) electrons. The molecule has 18 heavy (non-hydrogen) atoms. The van der Waals surface area contributed by atoms with Crippen molar-refractivity contribution in [1.82, 2.24) is 5.43 Å². The first-order valence-corrected chi connectivity index (χ1v) is 6.52. The molecule has 4 heteroatoms. The van der Waals surface area contributed by atoms with E-state index in [0.717, 1.165) is 11.3 Å². The van der Waals surface area contributed by atoms with E-state index < -0.39 is 0 Å². The molecular weight excluding hydrogens is 228 g/mol. The summed E-state index contributed by atoms with van der Waals surface area (Å²) in [6.45, 7) is 2.72. The van der Waals surface area contributed by atoms with Gasteiger partial charge in [0.05, 0.1) is 19.3 Å². The number of hydrogen-bond acceptors (Lipinski definition) is 4. The Balaban J connectivity index is 2.24. The molecule has 1 aliphatic carbocycles. The number of methoxy groups -OCH3 is 1. The van der Waals surface area contributed by atoms with Crippen molar-refractivity contribution in [1.29, 1.82) is 0 Å². The summed E-state index contributed by atoms with van der Waals surface area (Å²) in [5, 5.41) is 0. The molecule has 0 saturated heterocycles. The summed E-state index contributed by atoms with van der Waals surface area (Å²) in [6.07, 6.45) is 2.56. The highest BCUT2D eigenvalue weighted by Crippen LogP contribution is 2.41. The lowest BCUT2D eigenvalue weighted by Crippen LogP contribution is -2.39. The average molecular weight is 250 g/mol. The van der Waals surface area contributed by atoms with Crippen LogP contribution < -0.4 is 16.0 Å². The maximum absolute atomic E-state index is 5.87. The van der Waals surface area contributed by atoms with Crippen LogP contribution in [0.25, 0.3) is 0 Å². The van der Waals surface area contributed by atoms with E-state index in [4.69, 9.17) is 15.3 Å². The molecule has 1 aromatic rings. The van der Waals surface area contributed by atoms with E-state index in [-0.39, 0.29) is 12.1 Å². The number of hydrazine groups is 1. The molecule has 2 atom stereocenters. The molecule has 2 rings (SSSR count). The number of nitrogens with one attached hydrogen (secondary N) is 1. The lowest BCUT2D eigenvalue weighted by Gasteiger charge is -2.28. The zero-order chi connectivity index (χ0) is 13.0. The Kier molecular flexibility index (Phi) is 4.58. The quantitative estimate of drug-likeness (QED) is 0.574. The van der Waals surface area contributed by atoms with Gasteiger partial charge >= 0.3 is 0 Å². The Morgan fingerprint density at radius 2 is 2.11 bits per heavy atom. The zero-order valence-corrected chi connectivity index (χ0v) is 11.1. The van der Waals surface area contributed by atoms with Gasteiger partial charge in [0.1, 0.15) is 5.75 Å². The first kappa shape index (κ1) is 13.3. The van der Waals surface area contributed by atoms with Gasteiger partial charge in [-0.2, -0.15) is 0 Å². The third kappa shape index (κ3) is 2.83. The number of benzene rings is 1. The molecule has 1 aromatic carbocycles. The molecule has 0 heterocycles. The second-order valence-corrected chi connectivity index (χ2v) is 4.64. The fraction of sp³-hybridized carbons (Fsp3) is 0.571. The number of nitrogens with two attached hydrogens (primary N) is 1. The molecule has 3 N–H and O–H groups in total. The molecule has 0 aliphatic heterocycles. The Morgan fingerprint density at radius 1 is 1.39 bits per heavy atom. The van der Waals surface area contributed by atoms with Gasteiger partial charge in [-0.1, -0.05) is 18.2 Å². The minimum atomic E-state index is -0.0198. The highest BCUT2D eigenvalue weighted by molar-refractivity contribution is 5.36. The van der Waals surface area contributed by atoms with E-state index in [1.54, 1.807) is 7.11 Å². The van der Waals surface area contributed by atoms with Crippen molar-refractivity contribution in [3.05, 3.63) is 29.8 Å². The van der Waals surface area contributed by atoms with Crippen LogP contribution in [-0.4, -0.2) is 19.8 Å². The summed E-state index contributed by atoms with van der Waals surface area (Å²) in [6, 6.07) is 7.93. The van der Waals surface area contributed by atoms with Gasteiger partial charge in [0.2, 0.25) is 0 Å². The maximum atomic E-state index is 5.87. The number of rotatable bonds is 7. The fourth-order valence-electron chi connectivity index (χ4n) is 2.41. The first-order valence-electron chi connectivity index (χ1n) is 6.52. The normalized spacial score (nSPS) is 18.4. The second-order valence-electron chi connectivity index (χ2n) is 4.64. The molecule has 0 amide bonds. The first-order chi connectivity index (χ1) is 8.81. The minimum absolute atomic E-state index is 0.0198. The molecule has 100 valence electrons. The molecular formula is C14H22N2O2. The summed E-state index contributed by atoms with van der Waals surface area (Å²) >= 11 is 0. The van der Waals surface area contributed by atoms with Crippen LogP contribution in [0.4, 0.5) is 0 Å². The van der Waals surface area contributed by atoms with E-state index in [9.17, 15) is 0 Å². The highest BCUT2D eigenvalue weighted by atomic mass is 16.5. The summed E-state index contributed by atoms with van der Waals surface area (Å²) in [5.41, 5.74) is 3.96. The Bertz CT molecular complexity index is 380. The van der Waals surface area contributed by atoms with Gasteiger partial charge in [0, 0.05) is 12.2 Å². The zero-order valence-electron chi connectivity index (χ0n) is 11.1. The molecule has 1 fully saturated rings. The smallest absolute Gasteiger partial charge is 0.123 e. The van der Waals surface area contributed by atoms with Crippen LogP contribution in [0, 0.1) is 5.92 Å². The van der Waals surface area contributed by atoms with E-state index in [1.807, 2.05) is 31.2 Å². The Labute approximate surface area is 108 Å². The van der Waals surface area contributed by atoms with Gasteiger partial charge in [-0.15, -0.1) is 0 Å². The van der Waals surface area contributed by atoms with Crippen molar-refractivity contribution < 1.29 is 9.47 Å². The number of para-hydroxylation sites is 1. The van der Waals surface area contributed by atoms with Gasteiger partial charge in [-0.3, -0.25) is 11.3 Å². The maximum Gasteiger partial charge on any atom is 0.123 e. The molecule has 0 bridgehead atoms. The van der Waals surface area contributed by atoms with E-state index in [2.05, 4.69) is 5.43 Å². The fourth-order valence-corrected chi connectivity index (χ4v) is 2.41. The Hall–Kier alpha value is -1.10. The van der Waals surface area contributed by atoms with Crippen LogP contribution in [0.1, 0.15) is 31.4 Å². The predicted molar refractivity (Wildman–Crippen MR) is 71.2 cm³/mol. The predicted octanol–water partition coefficient (Wildman–Crippen LogP) is 2.01. The van der Waals surface area contributed by atoms with Gasteiger partial charge < -0.3 is 9.47 Å². The van der Waals surface area contributed by atoms with Crippen molar-refractivity contribution in [3.63, 3.8) is 0 Å². The number of hydrogen-bond donors (Lipinski definition) is 2. The summed E-state index contributed by atoms with van der Waals surface area (Å²) in [7, 11) is 1.68. The highest BCUT2D eigenvalue weighted by Gasteiger charge is 2.38. The second kappa shape index (κ2) is 6.18. The van der Waals surface area contributed by atoms with Crippen LogP contribution in [-0.2, 0) is 4.74 Å². The molecule has 1 saturated carbocycles. The monoisotopic (exact) mass is 250 g/mol. The summed E-state index contributed by atoms with van der Waals surface area (Å²) in [5.74, 6) is 7.20. The lowest BCUT2D eigenvalue weighted by atomic mass is 9.97. The molecule has 2 unspecified atom stereocenters. The van der Waals surface area contributed by atoms with Crippen LogP contribution in [0.3, 0.4) is 0 Å². The van der Waals surface area contributed by atoms with Gasteiger partial charge in [-0.05, 0) is 31.7 Å². The molecule has 0 aromatic heterocycles. The van der Waals surface area contributed by atoms with Crippen LogP contribution in [0.15, 0.2) is 24.3 Å². The van der Waals surface area contributed by atoms with Crippen molar-refractivity contribution in [2.45, 2.75) is 31.9 Å². The molecule has 0 spiro atoms. The van der Waals surface area contributed by atoms with Crippen LogP contribution in [0.5, 0.6) is 5.75 Å². The third-order valence-electron chi connectivity index (χ3n) is 3.43. The SMILES string of the molecule is CCOC(C1CC1)C(NN)c1ccccc1OC. The van der Waals surface area contributed by atoms with Crippen molar-refractivity contribution in [2.75, 3.05) is 13.7 Å². The van der Waals surface area contributed by atoms with Gasteiger partial charge in [0.15, 0.2) is 0 Å². The average Bonchev–Trinajstić information content (AvgIpc) is 3.23. The van der Waals surface area contributed by atoms with Gasteiger partial charge in [0.25, 0.3) is 0 Å². The summed E-state index contributed by atoms with van der Waals surface area (Å²) < 4.78 is 11.3. The summed E-state index contributed by atoms with van der Waals surface area (Å²) in [4.78, 5) is 0. The van der Waals surface area contributed by atoms with Crippen molar-refractivity contribution >= 4 is 0 Å². The van der Waals surface area contributed by atoms with Gasteiger partial charge in [-0.25, -0.2) is 0 Å². The van der Waals surface area contributed by atoms with E-state index in [0.29, 0.717) is 12.5 Å². The standard InChI is InChI=1S/C14H22N2O2/c1-3-18-14(10-8-9-10)13(16-15)11-6-4-5-7-12(11)17-2/h4-7,10,13-14,16H,3,8-9,15H2,1-2H3. The Morgan fingerprint density at radius 3 is 2.67 bits per heavy atom. The van der Waals surface area contributed by atoms with E-state index in [1.165, 1.54) is 12.8 Å².